The molecule has 0 saturated carbocycles. The normalized spacial score (nSPS) is 22.3. The molecule has 2 aliphatic rings. The Hall–Kier alpha value is -1.30. The van der Waals surface area contributed by atoms with Crippen molar-refractivity contribution in [3.63, 3.8) is 0 Å². The van der Waals surface area contributed by atoms with Crippen molar-refractivity contribution in [2.45, 2.75) is 51.1 Å². The Morgan fingerprint density at radius 1 is 1.04 bits per heavy atom. The van der Waals surface area contributed by atoms with Gasteiger partial charge in [0.25, 0.3) is 0 Å². The summed E-state index contributed by atoms with van der Waals surface area (Å²) >= 11 is 0. The Bertz CT molecular complexity index is 546. The first-order chi connectivity index (χ1) is 12.8. The summed E-state index contributed by atoms with van der Waals surface area (Å²) in [4.78, 5) is 5.00. The van der Waals surface area contributed by atoms with E-state index in [1.165, 1.54) is 57.2 Å². The van der Waals surface area contributed by atoms with E-state index in [0.717, 1.165) is 44.3 Å². The van der Waals surface area contributed by atoms with Crippen molar-refractivity contribution in [3.8, 4) is 11.5 Å². The van der Waals surface area contributed by atoms with Gasteiger partial charge in [-0.2, -0.15) is 0 Å². The predicted molar refractivity (Wildman–Crippen MR) is 106 cm³/mol. The highest BCUT2D eigenvalue weighted by atomic mass is 16.5. The lowest BCUT2D eigenvalue weighted by atomic mass is 10.0. The van der Waals surface area contributed by atoms with E-state index in [1.54, 1.807) is 7.11 Å². The molecule has 5 nitrogen and oxygen atoms in total. The number of piperidine rings is 2. The molecule has 3 rings (SSSR count). The highest BCUT2D eigenvalue weighted by Gasteiger charge is 2.21. The standard InChI is InChI=1S/C21H35N3O2/c1-25-21-15-18(17-24-12-6-3-7-19(24)16-22)8-9-20(21)26-14-13-23-10-4-2-5-11-23/h8-9,15,19H,2-7,10-14,16-17,22H2,1H3. The van der Waals surface area contributed by atoms with Gasteiger partial charge in [-0.05, 0) is 63.0 Å². The zero-order valence-corrected chi connectivity index (χ0v) is 16.3. The third kappa shape index (κ3) is 5.35. The van der Waals surface area contributed by atoms with Gasteiger partial charge >= 0.3 is 0 Å². The maximum Gasteiger partial charge on any atom is 0.161 e. The van der Waals surface area contributed by atoms with Crippen LogP contribution in [0.2, 0.25) is 0 Å². The second-order valence-electron chi connectivity index (χ2n) is 7.59. The van der Waals surface area contributed by atoms with Crippen LogP contribution in [0.5, 0.6) is 11.5 Å². The maximum atomic E-state index is 6.02. The van der Waals surface area contributed by atoms with Crippen LogP contribution in [0.25, 0.3) is 0 Å². The van der Waals surface area contributed by atoms with Gasteiger partial charge in [-0.15, -0.1) is 0 Å². The Balaban J connectivity index is 1.54. The Labute approximate surface area is 158 Å². The van der Waals surface area contributed by atoms with E-state index in [1.807, 2.05) is 0 Å². The van der Waals surface area contributed by atoms with Gasteiger partial charge in [0.1, 0.15) is 6.61 Å². The third-order valence-electron chi connectivity index (χ3n) is 5.75. The fraction of sp³-hybridized carbons (Fsp3) is 0.714. The molecule has 0 aliphatic carbocycles. The lowest BCUT2D eigenvalue weighted by Crippen LogP contribution is -2.43. The first-order valence-electron chi connectivity index (χ1n) is 10.3. The summed E-state index contributed by atoms with van der Waals surface area (Å²) in [7, 11) is 1.72. The number of ether oxygens (including phenoxy) is 2. The fourth-order valence-corrected chi connectivity index (χ4v) is 4.17. The molecule has 0 bridgehead atoms. The molecule has 1 aromatic rings. The first kappa shape index (κ1) is 19.5. The highest BCUT2D eigenvalue weighted by Crippen LogP contribution is 2.29. The minimum Gasteiger partial charge on any atom is -0.493 e. The van der Waals surface area contributed by atoms with Crippen LogP contribution < -0.4 is 15.2 Å². The molecular weight excluding hydrogens is 326 g/mol. The van der Waals surface area contributed by atoms with E-state index in [0.29, 0.717) is 6.04 Å². The number of hydrogen-bond donors (Lipinski definition) is 1. The van der Waals surface area contributed by atoms with Crippen LogP contribution in [0.4, 0.5) is 0 Å². The average Bonchev–Trinajstić information content (AvgIpc) is 2.70. The molecule has 0 amide bonds. The molecule has 1 atom stereocenters. The van der Waals surface area contributed by atoms with Crippen molar-refractivity contribution < 1.29 is 9.47 Å². The molecule has 1 unspecified atom stereocenters. The quantitative estimate of drug-likeness (QED) is 0.772. The van der Waals surface area contributed by atoms with E-state index in [9.17, 15) is 0 Å². The summed E-state index contributed by atoms with van der Waals surface area (Å²) in [6.07, 6.45) is 7.79. The summed E-state index contributed by atoms with van der Waals surface area (Å²) in [5.74, 6) is 1.68. The number of hydrogen-bond acceptors (Lipinski definition) is 5. The fourth-order valence-electron chi connectivity index (χ4n) is 4.17. The van der Waals surface area contributed by atoms with Crippen molar-refractivity contribution >= 4 is 0 Å². The molecule has 26 heavy (non-hydrogen) atoms. The molecule has 2 fully saturated rings. The van der Waals surface area contributed by atoms with Crippen LogP contribution in [0, 0.1) is 0 Å². The van der Waals surface area contributed by atoms with E-state index in [-0.39, 0.29) is 0 Å². The van der Waals surface area contributed by atoms with Crippen LogP contribution in [-0.2, 0) is 6.54 Å². The summed E-state index contributed by atoms with van der Waals surface area (Å²) in [5, 5.41) is 0. The number of benzene rings is 1. The Morgan fingerprint density at radius 3 is 2.62 bits per heavy atom. The lowest BCUT2D eigenvalue weighted by Gasteiger charge is -2.35. The zero-order valence-electron chi connectivity index (χ0n) is 16.3. The smallest absolute Gasteiger partial charge is 0.161 e. The largest absolute Gasteiger partial charge is 0.493 e. The van der Waals surface area contributed by atoms with E-state index < -0.39 is 0 Å². The monoisotopic (exact) mass is 361 g/mol. The molecule has 1 aromatic carbocycles. The van der Waals surface area contributed by atoms with Gasteiger partial charge < -0.3 is 15.2 Å². The maximum absolute atomic E-state index is 6.02. The zero-order chi connectivity index (χ0) is 18.2. The second kappa shape index (κ2) is 10.1. The number of nitrogens with zero attached hydrogens (tertiary/aromatic N) is 2. The average molecular weight is 362 g/mol. The van der Waals surface area contributed by atoms with Crippen molar-refractivity contribution in [2.75, 3.05) is 46.4 Å². The SMILES string of the molecule is COc1cc(CN2CCCCC2CN)ccc1OCCN1CCCCC1. The van der Waals surface area contributed by atoms with Crippen molar-refractivity contribution in [1.82, 2.24) is 9.80 Å². The Kier molecular flexibility index (Phi) is 7.59. The summed E-state index contributed by atoms with van der Waals surface area (Å²) in [6.45, 7) is 6.95. The summed E-state index contributed by atoms with van der Waals surface area (Å²) in [6, 6.07) is 6.86. The Morgan fingerprint density at radius 2 is 1.85 bits per heavy atom. The van der Waals surface area contributed by atoms with Crippen LogP contribution in [0.15, 0.2) is 18.2 Å². The van der Waals surface area contributed by atoms with Crippen molar-refractivity contribution in [3.05, 3.63) is 23.8 Å². The van der Waals surface area contributed by atoms with Crippen LogP contribution >= 0.6 is 0 Å². The molecule has 2 saturated heterocycles. The summed E-state index contributed by atoms with van der Waals surface area (Å²) in [5.41, 5.74) is 7.22. The molecule has 0 aromatic heterocycles. The third-order valence-corrected chi connectivity index (χ3v) is 5.75. The number of likely N-dealkylation sites (tertiary alicyclic amines) is 2. The highest BCUT2D eigenvalue weighted by molar-refractivity contribution is 5.43. The molecule has 0 spiro atoms. The van der Waals surface area contributed by atoms with Gasteiger partial charge in [0, 0.05) is 25.7 Å². The van der Waals surface area contributed by atoms with Gasteiger partial charge in [-0.1, -0.05) is 18.9 Å². The van der Waals surface area contributed by atoms with Gasteiger partial charge in [-0.3, -0.25) is 9.80 Å². The first-order valence-corrected chi connectivity index (χ1v) is 10.3. The topological polar surface area (TPSA) is 51.0 Å². The van der Waals surface area contributed by atoms with Crippen molar-refractivity contribution in [1.29, 1.82) is 0 Å². The minimum atomic E-state index is 0.509. The molecule has 2 N–H and O–H groups in total. The van der Waals surface area contributed by atoms with E-state index >= 15 is 0 Å². The molecule has 0 radical (unpaired) electrons. The lowest BCUT2D eigenvalue weighted by molar-refractivity contribution is 0.144. The van der Waals surface area contributed by atoms with Gasteiger partial charge in [-0.25, -0.2) is 0 Å². The molecule has 5 heteroatoms. The van der Waals surface area contributed by atoms with Crippen LogP contribution in [0.1, 0.15) is 44.1 Å². The van der Waals surface area contributed by atoms with Gasteiger partial charge in [0.2, 0.25) is 0 Å². The van der Waals surface area contributed by atoms with Crippen LogP contribution in [-0.4, -0.2) is 62.3 Å². The molecule has 2 aliphatic heterocycles. The van der Waals surface area contributed by atoms with Gasteiger partial charge in [0.15, 0.2) is 11.5 Å². The number of rotatable bonds is 8. The minimum absolute atomic E-state index is 0.509. The number of methoxy groups -OCH3 is 1. The summed E-state index contributed by atoms with van der Waals surface area (Å²) < 4.78 is 11.6. The molecule has 2 heterocycles. The number of nitrogens with two attached hydrogens (primary N) is 1. The van der Waals surface area contributed by atoms with E-state index in [2.05, 4.69) is 28.0 Å². The predicted octanol–water partition coefficient (Wildman–Crippen LogP) is 2.87. The second-order valence-corrected chi connectivity index (χ2v) is 7.59. The van der Waals surface area contributed by atoms with Crippen molar-refractivity contribution in [2.24, 2.45) is 5.73 Å². The van der Waals surface area contributed by atoms with Gasteiger partial charge in [0.05, 0.1) is 7.11 Å². The molecular formula is C21H35N3O2. The molecule has 146 valence electrons. The van der Waals surface area contributed by atoms with Crippen LogP contribution in [0.3, 0.4) is 0 Å². The van der Waals surface area contributed by atoms with E-state index in [4.69, 9.17) is 15.2 Å².